The molecule has 0 heterocycles. The minimum atomic E-state index is -4.12. The molecule has 1 fully saturated rings. The van der Waals surface area contributed by atoms with Crippen LogP contribution in [0.15, 0.2) is 0 Å². The van der Waals surface area contributed by atoms with Crippen molar-refractivity contribution < 1.29 is 23.0 Å². The first-order valence-electron chi connectivity index (χ1n) is 5.67. The number of rotatable bonds is 6. The quantitative estimate of drug-likeness (QED) is 0.773. The van der Waals surface area contributed by atoms with Crippen LogP contribution >= 0.6 is 0 Å². The molecule has 0 aromatic carbocycles. The molecule has 1 saturated carbocycles. The first-order chi connectivity index (χ1) is 7.37. The zero-order chi connectivity index (χ0) is 12.2. The van der Waals surface area contributed by atoms with E-state index >= 15 is 0 Å². The number of hydrogen-bond donors (Lipinski definition) is 1. The minimum Gasteiger partial charge on any atom is -0.393 e. The lowest BCUT2D eigenvalue weighted by Crippen LogP contribution is -2.42. The number of alkyl halides is 3. The summed E-state index contributed by atoms with van der Waals surface area (Å²) in [6, 6.07) is 0. The van der Waals surface area contributed by atoms with Gasteiger partial charge in [-0.3, -0.25) is 0 Å². The zero-order valence-electron chi connectivity index (χ0n) is 9.52. The fraction of sp³-hybridized carbons (Fsp3) is 1.00. The molecule has 1 rings (SSSR count). The molecule has 0 bridgehead atoms. The van der Waals surface area contributed by atoms with Gasteiger partial charge in [0.15, 0.2) is 0 Å². The Balaban J connectivity index is 2.18. The van der Waals surface area contributed by atoms with Crippen molar-refractivity contribution in [1.82, 2.24) is 0 Å². The Labute approximate surface area is 93.8 Å². The molecular weight excluding hydrogens is 221 g/mol. The van der Waals surface area contributed by atoms with Crippen molar-refractivity contribution in [1.29, 1.82) is 0 Å². The van der Waals surface area contributed by atoms with Crippen molar-refractivity contribution >= 4 is 0 Å². The maximum absolute atomic E-state index is 11.9. The van der Waals surface area contributed by atoms with Gasteiger partial charge in [0.05, 0.1) is 11.7 Å². The van der Waals surface area contributed by atoms with E-state index in [-0.39, 0.29) is 18.4 Å². The van der Waals surface area contributed by atoms with E-state index in [1.54, 1.807) is 7.11 Å². The molecule has 1 N–H and O–H groups in total. The second kappa shape index (κ2) is 5.36. The lowest BCUT2D eigenvalue weighted by molar-refractivity contribution is -0.137. The van der Waals surface area contributed by atoms with Crippen LogP contribution in [0.2, 0.25) is 0 Å². The highest BCUT2D eigenvalue weighted by atomic mass is 19.4. The van der Waals surface area contributed by atoms with Crippen LogP contribution in [0.5, 0.6) is 0 Å². The molecule has 0 aromatic heterocycles. The van der Waals surface area contributed by atoms with E-state index in [1.807, 2.05) is 0 Å². The molecule has 16 heavy (non-hydrogen) atoms. The largest absolute Gasteiger partial charge is 0.393 e. The third kappa shape index (κ3) is 4.29. The van der Waals surface area contributed by atoms with Gasteiger partial charge in [0.2, 0.25) is 0 Å². The molecule has 0 amide bonds. The van der Waals surface area contributed by atoms with E-state index in [1.165, 1.54) is 0 Å². The standard InChI is InChI=1S/C11H19F3O2/c1-16-10(5-3-6-10)8-9(15)4-2-7-11(12,13)14/h9,15H,2-8H2,1H3. The van der Waals surface area contributed by atoms with Crippen LogP contribution in [-0.4, -0.2) is 30.1 Å². The number of methoxy groups -OCH3 is 1. The van der Waals surface area contributed by atoms with E-state index in [0.717, 1.165) is 19.3 Å². The minimum absolute atomic E-state index is 0.00946. The average molecular weight is 240 g/mol. The molecule has 1 aliphatic carbocycles. The van der Waals surface area contributed by atoms with Gasteiger partial charge in [-0.15, -0.1) is 0 Å². The highest BCUT2D eigenvalue weighted by Gasteiger charge is 2.38. The molecule has 2 nitrogen and oxygen atoms in total. The summed E-state index contributed by atoms with van der Waals surface area (Å²) in [5.74, 6) is 0. The molecule has 1 atom stereocenters. The van der Waals surface area contributed by atoms with E-state index in [2.05, 4.69) is 0 Å². The van der Waals surface area contributed by atoms with Gasteiger partial charge in [0.1, 0.15) is 0 Å². The Kier molecular flexibility index (Phi) is 4.62. The lowest BCUT2D eigenvalue weighted by atomic mass is 9.75. The molecule has 0 aromatic rings. The predicted molar refractivity (Wildman–Crippen MR) is 54.1 cm³/mol. The Morgan fingerprint density at radius 2 is 2.00 bits per heavy atom. The summed E-state index contributed by atoms with van der Waals surface area (Å²) in [5.41, 5.74) is -0.266. The number of aliphatic hydroxyl groups is 1. The highest BCUT2D eigenvalue weighted by Crippen LogP contribution is 2.39. The van der Waals surface area contributed by atoms with Crippen LogP contribution in [0.4, 0.5) is 13.2 Å². The highest BCUT2D eigenvalue weighted by molar-refractivity contribution is 4.91. The summed E-state index contributed by atoms with van der Waals surface area (Å²) in [4.78, 5) is 0. The number of ether oxygens (including phenoxy) is 1. The topological polar surface area (TPSA) is 29.5 Å². The molecule has 0 radical (unpaired) electrons. The van der Waals surface area contributed by atoms with Crippen LogP contribution in [0.1, 0.15) is 44.9 Å². The normalized spacial score (nSPS) is 21.6. The molecule has 1 aliphatic rings. The molecule has 0 spiro atoms. The molecule has 1 unspecified atom stereocenters. The van der Waals surface area contributed by atoms with Crippen LogP contribution in [0.3, 0.4) is 0 Å². The zero-order valence-corrected chi connectivity index (χ0v) is 9.52. The number of hydrogen-bond acceptors (Lipinski definition) is 2. The van der Waals surface area contributed by atoms with Crippen LogP contribution < -0.4 is 0 Å². The van der Waals surface area contributed by atoms with E-state index in [0.29, 0.717) is 6.42 Å². The van der Waals surface area contributed by atoms with E-state index in [9.17, 15) is 18.3 Å². The second-order valence-corrected chi connectivity index (χ2v) is 4.61. The van der Waals surface area contributed by atoms with Gasteiger partial charge < -0.3 is 9.84 Å². The second-order valence-electron chi connectivity index (χ2n) is 4.61. The van der Waals surface area contributed by atoms with Gasteiger partial charge in [-0.2, -0.15) is 13.2 Å². The summed E-state index contributed by atoms with van der Waals surface area (Å²) in [5, 5.41) is 9.63. The van der Waals surface area contributed by atoms with Crippen LogP contribution in [0, 0.1) is 0 Å². The molecule has 0 aliphatic heterocycles. The van der Waals surface area contributed by atoms with E-state index in [4.69, 9.17) is 4.74 Å². The maximum Gasteiger partial charge on any atom is 0.389 e. The van der Waals surface area contributed by atoms with Crippen molar-refractivity contribution in [2.75, 3.05) is 7.11 Å². The van der Waals surface area contributed by atoms with Crippen LogP contribution in [-0.2, 0) is 4.74 Å². The van der Waals surface area contributed by atoms with Gasteiger partial charge >= 0.3 is 6.18 Å². The third-order valence-corrected chi connectivity index (χ3v) is 3.30. The smallest absolute Gasteiger partial charge is 0.389 e. The summed E-state index contributed by atoms with van der Waals surface area (Å²) in [6.45, 7) is 0. The molecule has 96 valence electrons. The molecule has 0 saturated heterocycles. The van der Waals surface area contributed by atoms with E-state index < -0.39 is 18.7 Å². The van der Waals surface area contributed by atoms with Crippen molar-refractivity contribution in [2.24, 2.45) is 0 Å². The average Bonchev–Trinajstić information content (AvgIpc) is 2.09. The summed E-state index contributed by atoms with van der Waals surface area (Å²) in [6.07, 6.45) is -2.08. The van der Waals surface area contributed by atoms with Crippen molar-refractivity contribution in [3.8, 4) is 0 Å². The lowest BCUT2D eigenvalue weighted by Gasteiger charge is -2.41. The molecular formula is C11H19F3O2. The first-order valence-corrected chi connectivity index (χ1v) is 5.67. The number of halogens is 3. The Morgan fingerprint density at radius 1 is 1.38 bits per heavy atom. The fourth-order valence-electron chi connectivity index (χ4n) is 2.13. The number of aliphatic hydroxyl groups excluding tert-OH is 1. The fourth-order valence-corrected chi connectivity index (χ4v) is 2.13. The molecule has 5 heteroatoms. The SMILES string of the molecule is COC1(CC(O)CCCC(F)(F)F)CCC1. The van der Waals surface area contributed by atoms with Crippen LogP contribution in [0.25, 0.3) is 0 Å². The van der Waals surface area contributed by atoms with Gasteiger partial charge in [0.25, 0.3) is 0 Å². The predicted octanol–water partition coefficient (Wildman–Crippen LogP) is 3.04. The monoisotopic (exact) mass is 240 g/mol. The summed E-state index contributed by atoms with van der Waals surface area (Å²) < 4.78 is 41.0. The Morgan fingerprint density at radius 3 is 2.38 bits per heavy atom. The van der Waals surface area contributed by atoms with Gasteiger partial charge in [-0.25, -0.2) is 0 Å². The van der Waals surface area contributed by atoms with Gasteiger partial charge in [0, 0.05) is 20.0 Å². The van der Waals surface area contributed by atoms with Crippen molar-refractivity contribution in [3.63, 3.8) is 0 Å². The van der Waals surface area contributed by atoms with Crippen molar-refractivity contribution in [3.05, 3.63) is 0 Å². The first kappa shape index (κ1) is 13.8. The van der Waals surface area contributed by atoms with Gasteiger partial charge in [-0.1, -0.05) is 0 Å². The summed E-state index contributed by atoms with van der Waals surface area (Å²) in [7, 11) is 1.60. The summed E-state index contributed by atoms with van der Waals surface area (Å²) >= 11 is 0. The maximum atomic E-state index is 11.9. The third-order valence-electron chi connectivity index (χ3n) is 3.30. The Bertz CT molecular complexity index is 206. The van der Waals surface area contributed by atoms with Gasteiger partial charge in [-0.05, 0) is 32.1 Å². The Hall–Kier alpha value is -0.290. The van der Waals surface area contributed by atoms with Crippen molar-refractivity contribution in [2.45, 2.75) is 62.8 Å².